The van der Waals surface area contributed by atoms with Crippen LogP contribution in [0.25, 0.3) is 11.0 Å². The summed E-state index contributed by atoms with van der Waals surface area (Å²) < 4.78 is 1.66. The molecule has 2 aromatic heterocycles. The molecule has 1 saturated heterocycles. The van der Waals surface area contributed by atoms with E-state index in [1.807, 2.05) is 6.92 Å². The summed E-state index contributed by atoms with van der Waals surface area (Å²) in [5.41, 5.74) is 1.91. The highest BCUT2D eigenvalue weighted by atomic mass is 16.4. The third kappa shape index (κ3) is 2.14. The highest BCUT2D eigenvalue weighted by molar-refractivity contribution is 5.99. The van der Waals surface area contributed by atoms with Crippen molar-refractivity contribution in [2.24, 2.45) is 7.05 Å². The smallest absolute Gasteiger partial charge is 0.326 e. The Kier molecular flexibility index (Phi) is 3.12. The first-order valence-corrected chi connectivity index (χ1v) is 6.82. The number of pyridine rings is 1. The lowest BCUT2D eigenvalue weighted by atomic mass is 10.1. The molecule has 0 unspecified atom stereocenters. The van der Waals surface area contributed by atoms with Crippen molar-refractivity contribution in [2.45, 2.75) is 25.8 Å². The molecule has 0 radical (unpaired) electrons. The molecule has 7 nitrogen and oxygen atoms in total. The largest absolute Gasteiger partial charge is 0.480 e. The molecule has 1 atom stereocenters. The van der Waals surface area contributed by atoms with Crippen molar-refractivity contribution in [1.82, 2.24) is 19.7 Å². The molecule has 0 saturated carbocycles. The van der Waals surface area contributed by atoms with Gasteiger partial charge in [0.1, 0.15) is 6.04 Å². The fourth-order valence-electron chi connectivity index (χ4n) is 2.86. The Morgan fingerprint density at radius 1 is 1.43 bits per heavy atom. The minimum absolute atomic E-state index is 0.280. The van der Waals surface area contributed by atoms with Gasteiger partial charge >= 0.3 is 5.97 Å². The van der Waals surface area contributed by atoms with Crippen LogP contribution >= 0.6 is 0 Å². The van der Waals surface area contributed by atoms with E-state index in [1.165, 1.54) is 11.1 Å². The van der Waals surface area contributed by atoms with Crippen molar-refractivity contribution < 1.29 is 14.7 Å². The number of fused-ring (bicyclic) bond motifs is 1. The van der Waals surface area contributed by atoms with Crippen LogP contribution in [0.15, 0.2) is 12.3 Å². The van der Waals surface area contributed by atoms with Gasteiger partial charge in [-0.15, -0.1) is 0 Å². The van der Waals surface area contributed by atoms with Gasteiger partial charge in [0.15, 0.2) is 5.65 Å². The lowest BCUT2D eigenvalue weighted by Crippen LogP contribution is -2.40. The number of nitrogens with zero attached hydrogens (tertiary/aromatic N) is 4. The second-order valence-electron chi connectivity index (χ2n) is 5.30. The van der Waals surface area contributed by atoms with Crippen LogP contribution < -0.4 is 0 Å². The molecule has 3 rings (SSSR count). The third-order valence-electron chi connectivity index (χ3n) is 3.91. The van der Waals surface area contributed by atoms with Gasteiger partial charge in [0.2, 0.25) is 0 Å². The first-order chi connectivity index (χ1) is 9.99. The molecule has 1 aliphatic rings. The molecule has 7 heteroatoms. The van der Waals surface area contributed by atoms with E-state index in [0.29, 0.717) is 30.6 Å². The first kappa shape index (κ1) is 13.5. The number of aliphatic carboxylic acids is 1. The van der Waals surface area contributed by atoms with Crippen molar-refractivity contribution in [3.63, 3.8) is 0 Å². The lowest BCUT2D eigenvalue weighted by Gasteiger charge is -2.21. The summed E-state index contributed by atoms with van der Waals surface area (Å²) >= 11 is 0. The molecular formula is C14H16N4O3. The number of carboxylic acids is 1. The van der Waals surface area contributed by atoms with E-state index in [1.54, 1.807) is 17.8 Å². The van der Waals surface area contributed by atoms with Crippen molar-refractivity contribution in [1.29, 1.82) is 0 Å². The summed E-state index contributed by atoms with van der Waals surface area (Å²) in [4.78, 5) is 29.4. The molecule has 1 amide bonds. The monoisotopic (exact) mass is 288 g/mol. The predicted molar refractivity (Wildman–Crippen MR) is 74.9 cm³/mol. The maximum Gasteiger partial charge on any atom is 0.326 e. The molecular weight excluding hydrogens is 272 g/mol. The molecule has 0 spiro atoms. The molecule has 1 fully saturated rings. The second kappa shape index (κ2) is 4.83. The van der Waals surface area contributed by atoms with Gasteiger partial charge < -0.3 is 10.0 Å². The van der Waals surface area contributed by atoms with Crippen LogP contribution in [0.3, 0.4) is 0 Å². The van der Waals surface area contributed by atoms with Crippen LogP contribution in [0, 0.1) is 6.92 Å². The molecule has 1 N–H and O–H groups in total. The van der Waals surface area contributed by atoms with Crippen molar-refractivity contribution in [2.75, 3.05) is 6.54 Å². The Morgan fingerprint density at radius 2 is 2.19 bits per heavy atom. The molecule has 110 valence electrons. The minimum atomic E-state index is -0.951. The van der Waals surface area contributed by atoms with Crippen molar-refractivity contribution in [3.05, 3.63) is 23.5 Å². The van der Waals surface area contributed by atoms with Gasteiger partial charge in [0, 0.05) is 25.2 Å². The molecule has 0 aliphatic carbocycles. The summed E-state index contributed by atoms with van der Waals surface area (Å²) in [6, 6.07) is 1.01. The van der Waals surface area contributed by atoms with Gasteiger partial charge in [-0.05, 0) is 25.8 Å². The Morgan fingerprint density at radius 3 is 2.90 bits per heavy atom. The van der Waals surface area contributed by atoms with E-state index in [2.05, 4.69) is 10.1 Å². The quantitative estimate of drug-likeness (QED) is 0.889. The zero-order valence-electron chi connectivity index (χ0n) is 11.9. The van der Waals surface area contributed by atoms with Crippen molar-refractivity contribution in [3.8, 4) is 0 Å². The van der Waals surface area contributed by atoms with Crippen molar-refractivity contribution >= 4 is 22.9 Å². The molecule has 21 heavy (non-hydrogen) atoms. The number of hydrogen-bond acceptors (Lipinski definition) is 4. The number of likely N-dealkylation sites (tertiary alicyclic amines) is 1. The van der Waals surface area contributed by atoms with E-state index < -0.39 is 12.0 Å². The van der Waals surface area contributed by atoms with Crippen LogP contribution in [0.2, 0.25) is 0 Å². The summed E-state index contributed by atoms with van der Waals surface area (Å²) in [5.74, 6) is -1.23. The highest BCUT2D eigenvalue weighted by Gasteiger charge is 2.34. The minimum Gasteiger partial charge on any atom is -0.480 e. The van der Waals surface area contributed by atoms with Crippen LogP contribution in [-0.4, -0.2) is 49.2 Å². The Bertz CT molecular complexity index is 737. The molecule has 0 aromatic carbocycles. The predicted octanol–water partition coefficient (Wildman–Crippen LogP) is 0.966. The molecule has 2 aromatic rings. The van der Waals surface area contributed by atoms with Gasteiger partial charge in [0.25, 0.3) is 5.91 Å². The number of aromatic nitrogens is 3. The van der Waals surface area contributed by atoms with Crippen LogP contribution in [-0.2, 0) is 11.8 Å². The summed E-state index contributed by atoms with van der Waals surface area (Å²) in [5, 5.41) is 14.3. The number of carbonyl (C=O) groups excluding carboxylic acids is 1. The van der Waals surface area contributed by atoms with E-state index in [4.69, 9.17) is 0 Å². The molecule has 1 aliphatic heterocycles. The van der Waals surface area contributed by atoms with E-state index >= 15 is 0 Å². The number of aryl methyl sites for hydroxylation is 2. The van der Waals surface area contributed by atoms with Gasteiger partial charge in [-0.1, -0.05) is 0 Å². The maximum absolute atomic E-state index is 12.5. The van der Waals surface area contributed by atoms with Crippen LogP contribution in [0.4, 0.5) is 0 Å². The van der Waals surface area contributed by atoms with Gasteiger partial charge in [-0.3, -0.25) is 9.48 Å². The Hall–Kier alpha value is -2.44. The van der Waals surface area contributed by atoms with E-state index in [-0.39, 0.29) is 5.91 Å². The number of rotatable bonds is 2. The topological polar surface area (TPSA) is 88.3 Å². The lowest BCUT2D eigenvalue weighted by molar-refractivity contribution is -0.141. The van der Waals surface area contributed by atoms with E-state index in [0.717, 1.165) is 11.1 Å². The first-order valence-electron chi connectivity index (χ1n) is 6.82. The van der Waals surface area contributed by atoms with Gasteiger partial charge in [-0.2, -0.15) is 5.10 Å². The second-order valence-corrected chi connectivity index (χ2v) is 5.30. The number of amides is 1. The Labute approximate surface area is 121 Å². The van der Waals surface area contributed by atoms with Gasteiger partial charge in [-0.25, -0.2) is 9.78 Å². The fourth-order valence-corrected chi connectivity index (χ4v) is 2.86. The standard InChI is InChI=1S/C14H16N4O3/c1-8-10-6-9(7-15-12(10)17(2)16-8)13(19)18-5-3-4-11(18)14(20)21/h6-7,11H,3-5H2,1-2H3,(H,20,21)/t11-/m1/s1. The maximum atomic E-state index is 12.5. The number of hydrogen-bond donors (Lipinski definition) is 1. The number of carboxylic acid groups (broad SMARTS) is 1. The summed E-state index contributed by atoms with van der Waals surface area (Å²) in [7, 11) is 1.80. The van der Waals surface area contributed by atoms with Crippen LogP contribution in [0.5, 0.6) is 0 Å². The molecule has 3 heterocycles. The zero-order chi connectivity index (χ0) is 15.1. The normalized spacial score (nSPS) is 18.4. The van der Waals surface area contributed by atoms with Crippen LogP contribution in [0.1, 0.15) is 28.9 Å². The summed E-state index contributed by atoms with van der Waals surface area (Å²) in [6.07, 6.45) is 2.70. The van der Waals surface area contributed by atoms with Gasteiger partial charge in [0.05, 0.1) is 11.3 Å². The number of carbonyl (C=O) groups is 2. The SMILES string of the molecule is Cc1nn(C)c2ncc(C(=O)N3CCC[C@@H]3C(=O)O)cc12. The highest BCUT2D eigenvalue weighted by Crippen LogP contribution is 2.22. The average Bonchev–Trinajstić information content (AvgIpc) is 3.04. The fraction of sp³-hybridized carbons (Fsp3) is 0.429. The van der Waals surface area contributed by atoms with E-state index in [9.17, 15) is 14.7 Å². The zero-order valence-corrected chi connectivity index (χ0v) is 11.9. The third-order valence-corrected chi connectivity index (χ3v) is 3.91. The molecule has 0 bridgehead atoms. The Balaban J connectivity index is 1.98. The average molecular weight is 288 g/mol. The summed E-state index contributed by atoms with van der Waals surface area (Å²) in [6.45, 7) is 2.33.